The predicted octanol–water partition coefficient (Wildman–Crippen LogP) is 6.27. The number of amides is 1. The number of aryl methyl sites for hydroxylation is 1. The van der Waals surface area contributed by atoms with Gasteiger partial charge in [0.25, 0.3) is 5.91 Å². The molecule has 38 heavy (non-hydrogen) atoms. The number of aliphatic carboxylic acids is 1. The Labute approximate surface area is 215 Å². The first-order valence-corrected chi connectivity index (χ1v) is 11.8. The molecule has 0 fully saturated rings. The number of halogens is 4. The van der Waals surface area contributed by atoms with Crippen LogP contribution in [-0.2, 0) is 11.2 Å². The van der Waals surface area contributed by atoms with Crippen LogP contribution in [0.15, 0.2) is 72.8 Å². The lowest BCUT2D eigenvalue weighted by Gasteiger charge is -2.22. The molecule has 4 rings (SSSR count). The molecule has 1 amide bonds. The molecule has 0 saturated heterocycles. The quantitative estimate of drug-likeness (QED) is 0.199. The Hall–Kier alpha value is -4.34. The summed E-state index contributed by atoms with van der Waals surface area (Å²) in [6.45, 7) is 0. The van der Waals surface area contributed by atoms with Crippen LogP contribution in [0.1, 0.15) is 46.9 Å². The summed E-state index contributed by atoms with van der Waals surface area (Å²) >= 11 is 0. The van der Waals surface area contributed by atoms with Gasteiger partial charge in [0.2, 0.25) is 0 Å². The maximum Gasteiger partial charge on any atom is 0.412 e. The van der Waals surface area contributed by atoms with Gasteiger partial charge in [-0.05, 0) is 55.2 Å². The van der Waals surface area contributed by atoms with Gasteiger partial charge in [0.1, 0.15) is 5.82 Å². The van der Waals surface area contributed by atoms with Gasteiger partial charge >= 0.3 is 12.1 Å². The molecule has 1 unspecified atom stereocenters. The molecule has 0 aliphatic heterocycles. The molecular formula is C28H23F4N3O3. The first kappa shape index (κ1) is 26.7. The first-order chi connectivity index (χ1) is 18.1. The lowest BCUT2D eigenvalue weighted by Crippen LogP contribution is -2.38. The largest absolute Gasteiger partial charge is 0.481 e. The van der Waals surface area contributed by atoms with Crippen LogP contribution >= 0.6 is 0 Å². The van der Waals surface area contributed by atoms with Gasteiger partial charge in [0.15, 0.2) is 6.04 Å². The Balaban J connectivity index is 1.65. The molecule has 0 aliphatic carbocycles. The number of rotatable bonds is 9. The molecular weight excluding hydrogens is 502 g/mol. The minimum absolute atomic E-state index is 0.0143. The smallest absolute Gasteiger partial charge is 0.412 e. The summed E-state index contributed by atoms with van der Waals surface area (Å²) in [5.74, 6) is -2.57. The van der Waals surface area contributed by atoms with E-state index in [1.54, 1.807) is 0 Å². The topological polar surface area (TPSA) is 92.2 Å². The van der Waals surface area contributed by atoms with Crippen molar-refractivity contribution in [1.29, 1.82) is 0 Å². The summed E-state index contributed by atoms with van der Waals surface area (Å²) in [6, 6.07) is 14.9. The van der Waals surface area contributed by atoms with Crippen LogP contribution in [0.4, 0.5) is 17.6 Å². The van der Waals surface area contributed by atoms with Crippen molar-refractivity contribution < 1.29 is 32.3 Å². The third-order valence-electron chi connectivity index (χ3n) is 5.91. The Kier molecular flexibility index (Phi) is 7.99. The van der Waals surface area contributed by atoms with Crippen molar-refractivity contribution >= 4 is 22.9 Å². The number of nitrogens with one attached hydrogen (secondary N) is 1. The highest BCUT2D eigenvalue weighted by atomic mass is 19.4. The molecule has 0 radical (unpaired) electrons. The van der Waals surface area contributed by atoms with Crippen molar-refractivity contribution in [3.05, 3.63) is 95.4 Å². The molecule has 0 spiro atoms. The summed E-state index contributed by atoms with van der Waals surface area (Å²) in [6.07, 6.45) is -3.39. The van der Waals surface area contributed by atoms with E-state index in [-0.39, 0.29) is 17.5 Å². The molecule has 10 heteroatoms. The monoisotopic (exact) mass is 525 g/mol. The van der Waals surface area contributed by atoms with Gasteiger partial charge in [0, 0.05) is 17.5 Å². The van der Waals surface area contributed by atoms with Gasteiger partial charge in [-0.3, -0.25) is 9.59 Å². The SMILES string of the molecule is O=C(O)CCCCc1nc2cc(C(=O)NC(c3ccc(F)cc3)C(F)(F)F)ccc2nc1-c1ccccc1. The van der Waals surface area contributed by atoms with Crippen LogP contribution in [0.25, 0.3) is 22.3 Å². The van der Waals surface area contributed by atoms with Crippen molar-refractivity contribution in [2.45, 2.75) is 37.9 Å². The zero-order valence-corrected chi connectivity index (χ0v) is 20.0. The van der Waals surface area contributed by atoms with Crippen LogP contribution < -0.4 is 5.32 Å². The number of aromatic nitrogens is 2. The number of carboxylic acid groups (broad SMARTS) is 1. The average molecular weight is 526 g/mol. The van der Waals surface area contributed by atoms with E-state index in [1.807, 2.05) is 35.6 Å². The summed E-state index contributed by atoms with van der Waals surface area (Å²) < 4.78 is 54.4. The Bertz CT molecular complexity index is 1440. The van der Waals surface area contributed by atoms with E-state index in [4.69, 9.17) is 5.11 Å². The summed E-state index contributed by atoms with van der Waals surface area (Å²) in [5.41, 5.74) is 2.42. The van der Waals surface area contributed by atoms with Crippen molar-refractivity contribution in [3.8, 4) is 11.3 Å². The number of unbranched alkanes of at least 4 members (excludes halogenated alkanes) is 1. The van der Waals surface area contributed by atoms with Crippen molar-refractivity contribution in [3.63, 3.8) is 0 Å². The zero-order chi connectivity index (χ0) is 27.3. The van der Waals surface area contributed by atoms with Gasteiger partial charge in [-0.1, -0.05) is 42.5 Å². The fourth-order valence-electron chi connectivity index (χ4n) is 4.03. The van der Waals surface area contributed by atoms with Gasteiger partial charge < -0.3 is 10.4 Å². The van der Waals surface area contributed by atoms with Crippen LogP contribution in [0, 0.1) is 5.82 Å². The van der Waals surface area contributed by atoms with Gasteiger partial charge in [-0.2, -0.15) is 13.2 Å². The Morgan fingerprint density at radius 3 is 2.26 bits per heavy atom. The molecule has 3 aromatic carbocycles. The molecule has 0 saturated carbocycles. The van der Waals surface area contributed by atoms with E-state index >= 15 is 0 Å². The van der Waals surface area contributed by atoms with Crippen molar-refractivity contribution in [2.75, 3.05) is 0 Å². The van der Waals surface area contributed by atoms with E-state index < -0.39 is 29.9 Å². The fraction of sp³-hybridized carbons (Fsp3) is 0.214. The number of hydrogen-bond donors (Lipinski definition) is 2. The summed E-state index contributed by atoms with van der Waals surface area (Å²) in [7, 11) is 0. The Morgan fingerprint density at radius 2 is 1.61 bits per heavy atom. The maximum atomic E-state index is 13.7. The second-order valence-corrected chi connectivity index (χ2v) is 8.69. The molecule has 4 aromatic rings. The highest BCUT2D eigenvalue weighted by Crippen LogP contribution is 2.33. The number of benzene rings is 3. The summed E-state index contributed by atoms with van der Waals surface area (Å²) in [4.78, 5) is 33.1. The normalized spacial score (nSPS) is 12.3. The second-order valence-electron chi connectivity index (χ2n) is 8.69. The van der Waals surface area contributed by atoms with Crippen molar-refractivity contribution in [2.24, 2.45) is 0 Å². The van der Waals surface area contributed by atoms with Crippen molar-refractivity contribution in [1.82, 2.24) is 15.3 Å². The molecule has 0 aliphatic rings. The van der Waals surface area contributed by atoms with Gasteiger partial charge in [-0.15, -0.1) is 0 Å². The third-order valence-corrected chi connectivity index (χ3v) is 5.91. The molecule has 196 valence electrons. The lowest BCUT2D eigenvalue weighted by atomic mass is 10.0. The lowest BCUT2D eigenvalue weighted by molar-refractivity contribution is -0.155. The number of carboxylic acids is 1. The number of hydrogen-bond acceptors (Lipinski definition) is 4. The Morgan fingerprint density at radius 1 is 0.895 bits per heavy atom. The first-order valence-electron chi connectivity index (χ1n) is 11.8. The zero-order valence-electron chi connectivity index (χ0n) is 20.0. The number of nitrogens with zero attached hydrogens (tertiary/aromatic N) is 2. The van der Waals surface area contributed by atoms with Gasteiger partial charge in [0.05, 0.1) is 22.4 Å². The van der Waals surface area contributed by atoms with Crippen LogP contribution in [0.5, 0.6) is 0 Å². The molecule has 2 N–H and O–H groups in total. The average Bonchev–Trinajstić information content (AvgIpc) is 2.89. The maximum absolute atomic E-state index is 13.7. The fourth-order valence-corrected chi connectivity index (χ4v) is 4.03. The minimum Gasteiger partial charge on any atom is -0.481 e. The van der Waals surface area contributed by atoms with E-state index in [1.165, 1.54) is 18.2 Å². The third kappa shape index (κ3) is 6.50. The number of carbonyl (C=O) groups is 2. The summed E-state index contributed by atoms with van der Waals surface area (Å²) in [5, 5.41) is 10.9. The van der Waals surface area contributed by atoms with Gasteiger partial charge in [-0.25, -0.2) is 14.4 Å². The van der Waals surface area contributed by atoms with Crippen LogP contribution in [0.3, 0.4) is 0 Å². The standard InChI is InChI=1S/C28H23F4N3O3/c29-20-13-10-18(11-14-20)26(28(30,31)32)35-27(38)19-12-15-21-23(16-19)33-22(8-4-5-9-24(36)37)25(34-21)17-6-2-1-3-7-17/h1-3,6-7,10-16,26H,4-5,8-9H2,(H,35,38)(H,36,37). The molecule has 1 heterocycles. The van der Waals surface area contributed by atoms with E-state index in [2.05, 4.69) is 9.97 Å². The number of carbonyl (C=O) groups excluding carboxylic acids is 1. The predicted molar refractivity (Wildman–Crippen MR) is 133 cm³/mol. The molecule has 1 atom stereocenters. The number of fused-ring (bicyclic) bond motifs is 1. The highest BCUT2D eigenvalue weighted by molar-refractivity contribution is 5.97. The van der Waals surface area contributed by atoms with Crippen LogP contribution in [-0.4, -0.2) is 33.1 Å². The van der Waals surface area contributed by atoms with E-state index in [9.17, 15) is 27.2 Å². The number of alkyl halides is 3. The molecule has 6 nitrogen and oxygen atoms in total. The highest BCUT2D eigenvalue weighted by Gasteiger charge is 2.42. The molecule has 1 aromatic heterocycles. The molecule has 0 bridgehead atoms. The second kappa shape index (κ2) is 11.4. The minimum atomic E-state index is -4.81. The van der Waals surface area contributed by atoms with E-state index in [0.29, 0.717) is 41.7 Å². The van der Waals surface area contributed by atoms with Crippen LogP contribution in [0.2, 0.25) is 0 Å². The van der Waals surface area contributed by atoms with E-state index in [0.717, 1.165) is 29.8 Å².